The minimum absolute atomic E-state index is 0.00108. The zero-order valence-corrected chi connectivity index (χ0v) is 16.5. The summed E-state index contributed by atoms with van der Waals surface area (Å²) in [5.74, 6) is -0.459. The number of benzene rings is 2. The van der Waals surface area contributed by atoms with Gasteiger partial charge in [-0.1, -0.05) is 30.3 Å². The molecule has 0 radical (unpaired) electrons. The maximum atomic E-state index is 13.1. The van der Waals surface area contributed by atoms with E-state index in [1.807, 2.05) is 60.8 Å². The van der Waals surface area contributed by atoms with Gasteiger partial charge in [0, 0.05) is 23.9 Å². The topological polar surface area (TPSA) is 68.4 Å². The van der Waals surface area contributed by atoms with Gasteiger partial charge in [0.05, 0.1) is 12.1 Å². The molecular weight excluding hydrogens is 384 g/mol. The number of hydrogen-bond acceptors (Lipinski definition) is 3. The average molecular weight is 404 g/mol. The number of anilines is 2. The molecule has 0 spiro atoms. The number of nitrogens with one attached hydrogen (secondary N) is 2. The molecule has 1 saturated heterocycles. The quantitative estimate of drug-likeness (QED) is 0.486. The lowest BCUT2D eigenvalue weighted by molar-refractivity contribution is -0.124. The fourth-order valence-corrected chi connectivity index (χ4v) is 3.91. The number of aromatic amines is 1. The third-order valence-electron chi connectivity index (χ3n) is 4.88. The number of para-hydroxylation sites is 1. The molecule has 3 aromatic rings. The molecule has 1 atom stereocenters. The number of rotatable bonds is 6. The normalized spacial score (nSPS) is 16.5. The van der Waals surface area contributed by atoms with Crippen molar-refractivity contribution in [2.24, 2.45) is 0 Å². The number of amides is 2. The number of thiocarbonyl (C=S) groups is 1. The molecule has 2 heterocycles. The molecular formula is C22H20N4O2S. The van der Waals surface area contributed by atoms with E-state index in [1.165, 1.54) is 4.90 Å². The minimum Gasteiger partial charge on any atom is -0.361 e. The number of H-pyrrole nitrogens is 1. The molecule has 0 aliphatic carbocycles. The van der Waals surface area contributed by atoms with Crippen LogP contribution in [0.15, 0.2) is 73.4 Å². The van der Waals surface area contributed by atoms with Crippen LogP contribution in [0.3, 0.4) is 0 Å². The summed E-state index contributed by atoms with van der Waals surface area (Å²) in [4.78, 5) is 32.2. The maximum Gasteiger partial charge on any atom is 0.256 e. The summed E-state index contributed by atoms with van der Waals surface area (Å²) < 4.78 is 0. The van der Waals surface area contributed by atoms with Gasteiger partial charge in [0.25, 0.3) is 5.91 Å². The summed E-state index contributed by atoms with van der Waals surface area (Å²) in [6, 6.07) is 16.1. The highest BCUT2D eigenvalue weighted by atomic mass is 32.1. The van der Waals surface area contributed by atoms with Crippen LogP contribution >= 0.6 is 12.2 Å². The number of fused-ring (bicyclic) bond motifs is 1. The van der Waals surface area contributed by atoms with E-state index in [9.17, 15) is 9.59 Å². The predicted octanol–water partition coefficient (Wildman–Crippen LogP) is 3.68. The first kappa shape index (κ1) is 18.9. The van der Waals surface area contributed by atoms with E-state index in [4.69, 9.17) is 12.2 Å². The smallest absolute Gasteiger partial charge is 0.256 e. The van der Waals surface area contributed by atoms with E-state index in [2.05, 4.69) is 16.9 Å². The molecule has 1 unspecified atom stereocenters. The van der Waals surface area contributed by atoms with Crippen LogP contribution in [-0.2, 0) is 9.59 Å². The molecule has 0 saturated carbocycles. The molecule has 1 aliphatic heterocycles. The van der Waals surface area contributed by atoms with Crippen molar-refractivity contribution in [3.05, 3.63) is 73.4 Å². The Kier molecular flexibility index (Phi) is 5.14. The molecule has 4 rings (SSSR count). The van der Waals surface area contributed by atoms with Crippen molar-refractivity contribution in [2.45, 2.75) is 12.5 Å². The van der Waals surface area contributed by atoms with Crippen LogP contribution < -0.4 is 10.2 Å². The summed E-state index contributed by atoms with van der Waals surface area (Å²) in [5, 5.41) is 4.32. The van der Waals surface area contributed by atoms with Crippen molar-refractivity contribution in [3.63, 3.8) is 0 Å². The molecule has 2 aromatic carbocycles. The van der Waals surface area contributed by atoms with Crippen molar-refractivity contribution in [3.8, 4) is 0 Å². The van der Waals surface area contributed by atoms with Crippen LogP contribution in [0.2, 0.25) is 0 Å². The Morgan fingerprint density at radius 2 is 2.00 bits per heavy atom. The summed E-state index contributed by atoms with van der Waals surface area (Å²) in [6.45, 7) is 4.14. The van der Waals surface area contributed by atoms with Gasteiger partial charge in [0.15, 0.2) is 5.11 Å². The molecule has 146 valence electrons. The second-order valence-corrected chi connectivity index (χ2v) is 7.15. The van der Waals surface area contributed by atoms with E-state index in [1.54, 1.807) is 11.0 Å². The number of carbonyl (C=O) groups is 2. The molecule has 2 amide bonds. The number of carbonyl (C=O) groups excluding carboxylic acids is 2. The monoisotopic (exact) mass is 404 g/mol. The van der Waals surface area contributed by atoms with Crippen molar-refractivity contribution < 1.29 is 9.59 Å². The fraction of sp³-hybridized carbons (Fsp3) is 0.136. The highest BCUT2D eigenvalue weighted by Crippen LogP contribution is 2.27. The van der Waals surface area contributed by atoms with E-state index in [0.29, 0.717) is 23.0 Å². The Morgan fingerprint density at radius 3 is 2.76 bits per heavy atom. The summed E-state index contributed by atoms with van der Waals surface area (Å²) in [6.07, 6.45) is 3.52. The molecule has 29 heavy (non-hydrogen) atoms. The Bertz CT molecular complexity index is 1090. The Labute approximate surface area is 173 Å². The highest BCUT2D eigenvalue weighted by Gasteiger charge is 2.43. The third-order valence-corrected chi connectivity index (χ3v) is 5.29. The van der Waals surface area contributed by atoms with Crippen molar-refractivity contribution in [1.82, 2.24) is 9.88 Å². The van der Waals surface area contributed by atoms with E-state index >= 15 is 0 Å². The molecule has 0 bridgehead atoms. The highest BCUT2D eigenvalue weighted by molar-refractivity contribution is 7.80. The van der Waals surface area contributed by atoms with Gasteiger partial charge in [0.1, 0.15) is 6.04 Å². The lowest BCUT2D eigenvalue weighted by atomic mass is 10.1. The van der Waals surface area contributed by atoms with Crippen LogP contribution in [0.25, 0.3) is 10.9 Å². The van der Waals surface area contributed by atoms with Crippen molar-refractivity contribution in [2.75, 3.05) is 16.8 Å². The van der Waals surface area contributed by atoms with Crippen LogP contribution in [0.1, 0.15) is 6.42 Å². The van der Waals surface area contributed by atoms with Gasteiger partial charge in [-0.2, -0.15) is 0 Å². The van der Waals surface area contributed by atoms with Gasteiger partial charge < -0.3 is 15.2 Å². The van der Waals surface area contributed by atoms with Gasteiger partial charge in [-0.05, 0) is 47.9 Å². The minimum atomic E-state index is -0.671. The summed E-state index contributed by atoms with van der Waals surface area (Å²) in [5.41, 5.74) is 2.30. The Balaban J connectivity index is 1.53. The van der Waals surface area contributed by atoms with Gasteiger partial charge in [0.2, 0.25) is 5.91 Å². The SMILES string of the molecule is C=CCN1C(=S)N(c2ccccc2)C(=O)C1CC(=O)Nc1ccc2cc[nH]c2c1. The second kappa shape index (κ2) is 7.89. The molecule has 7 heteroatoms. The standard InChI is InChI=1S/C22H20N4O2S/c1-2-12-25-19(21(28)26(22(25)29)17-6-4-3-5-7-17)14-20(27)24-16-9-8-15-10-11-23-18(15)13-16/h2-11,13,19,23H,1,12,14H2,(H,24,27). The number of aromatic nitrogens is 1. The number of hydrogen-bond donors (Lipinski definition) is 2. The number of nitrogens with zero attached hydrogens (tertiary/aromatic N) is 2. The maximum absolute atomic E-state index is 13.1. The van der Waals surface area contributed by atoms with E-state index in [0.717, 1.165) is 10.9 Å². The van der Waals surface area contributed by atoms with Crippen LogP contribution in [-0.4, -0.2) is 39.4 Å². The average Bonchev–Trinajstić information content (AvgIpc) is 3.27. The lowest BCUT2D eigenvalue weighted by Crippen LogP contribution is -2.37. The summed E-state index contributed by atoms with van der Waals surface area (Å²) in [7, 11) is 0. The first-order chi connectivity index (χ1) is 14.1. The third kappa shape index (κ3) is 3.64. The predicted molar refractivity (Wildman–Crippen MR) is 119 cm³/mol. The molecule has 1 aliphatic rings. The molecule has 1 aromatic heterocycles. The van der Waals surface area contributed by atoms with Gasteiger partial charge in [-0.25, -0.2) is 0 Å². The fourth-order valence-electron chi connectivity index (χ4n) is 3.51. The molecule has 1 fully saturated rings. The first-order valence-electron chi connectivity index (χ1n) is 9.26. The zero-order chi connectivity index (χ0) is 20.4. The largest absolute Gasteiger partial charge is 0.361 e. The van der Waals surface area contributed by atoms with Gasteiger partial charge in [-0.15, -0.1) is 6.58 Å². The van der Waals surface area contributed by atoms with E-state index in [-0.39, 0.29) is 18.2 Å². The molecule has 2 N–H and O–H groups in total. The Morgan fingerprint density at radius 1 is 1.21 bits per heavy atom. The van der Waals surface area contributed by atoms with E-state index < -0.39 is 6.04 Å². The van der Waals surface area contributed by atoms with Crippen LogP contribution in [0.5, 0.6) is 0 Å². The van der Waals surface area contributed by atoms with Gasteiger partial charge in [-0.3, -0.25) is 14.5 Å². The van der Waals surface area contributed by atoms with Gasteiger partial charge >= 0.3 is 0 Å². The lowest BCUT2D eigenvalue weighted by Gasteiger charge is -2.22. The second-order valence-electron chi connectivity index (χ2n) is 6.78. The van der Waals surface area contributed by atoms with Crippen molar-refractivity contribution in [1.29, 1.82) is 0 Å². The van der Waals surface area contributed by atoms with Crippen LogP contribution in [0, 0.1) is 0 Å². The first-order valence-corrected chi connectivity index (χ1v) is 9.67. The zero-order valence-electron chi connectivity index (χ0n) is 15.7. The summed E-state index contributed by atoms with van der Waals surface area (Å²) >= 11 is 5.54. The Hall–Kier alpha value is -3.45. The van der Waals surface area contributed by atoms with Crippen molar-refractivity contribution >= 4 is 51.4 Å². The van der Waals surface area contributed by atoms with Crippen LogP contribution in [0.4, 0.5) is 11.4 Å². The molecule has 6 nitrogen and oxygen atoms in total.